The number of carbonyl (C=O) groups excluding carboxylic acids is 2. The van der Waals surface area contributed by atoms with Gasteiger partial charge in [0.1, 0.15) is 6.61 Å². The third-order valence-corrected chi connectivity index (χ3v) is 5.29. The molecule has 0 atom stereocenters. The Labute approximate surface area is 195 Å². The molecule has 32 heavy (non-hydrogen) atoms. The van der Waals surface area contributed by atoms with Gasteiger partial charge < -0.3 is 19.9 Å². The summed E-state index contributed by atoms with van der Waals surface area (Å²) in [7, 11) is 0. The molecule has 0 aromatic heterocycles. The van der Waals surface area contributed by atoms with Crippen molar-refractivity contribution in [2.45, 2.75) is 110 Å². The van der Waals surface area contributed by atoms with E-state index in [4.69, 9.17) is 14.6 Å². The van der Waals surface area contributed by atoms with Crippen molar-refractivity contribution < 1.29 is 29.0 Å². The van der Waals surface area contributed by atoms with Gasteiger partial charge in [0.05, 0.1) is 19.8 Å². The maximum absolute atomic E-state index is 11.8. The lowest BCUT2D eigenvalue weighted by molar-refractivity contribution is -0.137. The van der Waals surface area contributed by atoms with Crippen LogP contribution in [0.3, 0.4) is 0 Å². The molecule has 0 unspecified atom stereocenters. The molecule has 2 N–H and O–H groups in total. The van der Waals surface area contributed by atoms with E-state index in [1.807, 2.05) is 0 Å². The smallest absolute Gasteiger partial charge is 0.303 e. The summed E-state index contributed by atoms with van der Waals surface area (Å²) in [5, 5.41) is 11.4. The average molecular weight is 458 g/mol. The van der Waals surface area contributed by atoms with Crippen molar-refractivity contribution in [2.24, 2.45) is 0 Å². The zero-order valence-corrected chi connectivity index (χ0v) is 20.3. The number of nitrogens with one attached hydrogen (secondary N) is 1. The molecule has 7 heteroatoms. The van der Waals surface area contributed by atoms with E-state index in [1.54, 1.807) is 0 Å². The Hall–Kier alpha value is -1.47. The van der Waals surface area contributed by atoms with Gasteiger partial charge in [0.15, 0.2) is 5.78 Å². The van der Waals surface area contributed by atoms with E-state index in [9.17, 15) is 14.4 Å². The van der Waals surface area contributed by atoms with Crippen LogP contribution in [0.1, 0.15) is 110 Å². The zero-order chi connectivity index (χ0) is 23.7. The number of ketones is 1. The van der Waals surface area contributed by atoms with Crippen molar-refractivity contribution in [3.8, 4) is 0 Å². The van der Waals surface area contributed by atoms with Crippen LogP contribution in [-0.2, 0) is 23.9 Å². The zero-order valence-electron chi connectivity index (χ0n) is 20.3. The minimum atomic E-state index is -0.681. The highest BCUT2D eigenvalue weighted by Crippen LogP contribution is 2.13. The number of hydrogen-bond donors (Lipinski definition) is 2. The number of Topliss-reactive ketones (excluding diaryl/α,β-unsaturated/α-hetero) is 1. The summed E-state index contributed by atoms with van der Waals surface area (Å²) in [5.74, 6) is -0.592. The van der Waals surface area contributed by atoms with Gasteiger partial charge in [-0.1, -0.05) is 77.0 Å². The fourth-order valence-electron chi connectivity index (χ4n) is 3.47. The minimum absolute atomic E-state index is 0.00300. The molecular formula is C25H47NO6. The van der Waals surface area contributed by atoms with Gasteiger partial charge in [0, 0.05) is 19.4 Å². The van der Waals surface area contributed by atoms with Gasteiger partial charge in [-0.2, -0.15) is 0 Å². The fourth-order valence-corrected chi connectivity index (χ4v) is 3.47. The Balaban J connectivity index is 3.16. The molecule has 0 radical (unpaired) electrons. The lowest BCUT2D eigenvalue weighted by Crippen LogP contribution is -2.27. The van der Waals surface area contributed by atoms with E-state index in [0.29, 0.717) is 39.2 Å². The van der Waals surface area contributed by atoms with Crippen molar-refractivity contribution in [1.29, 1.82) is 0 Å². The van der Waals surface area contributed by atoms with Crippen molar-refractivity contribution in [3.05, 3.63) is 0 Å². The van der Waals surface area contributed by atoms with Crippen LogP contribution >= 0.6 is 0 Å². The number of hydrogen-bond acceptors (Lipinski definition) is 5. The normalized spacial score (nSPS) is 10.9. The van der Waals surface area contributed by atoms with E-state index in [1.165, 1.54) is 64.7 Å². The predicted octanol–water partition coefficient (Wildman–Crippen LogP) is 5.05. The third kappa shape index (κ3) is 26.6. The summed E-state index contributed by atoms with van der Waals surface area (Å²) >= 11 is 0. The topological polar surface area (TPSA) is 102 Å². The van der Waals surface area contributed by atoms with Crippen molar-refractivity contribution >= 4 is 17.7 Å². The van der Waals surface area contributed by atoms with Crippen LogP contribution in [0.2, 0.25) is 0 Å². The summed E-state index contributed by atoms with van der Waals surface area (Å²) < 4.78 is 10.4. The molecule has 0 bridgehead atoms. The third-order valence-electron chi connectivity index (χ3n) is 5.29. The van der Waals surface area contributed by atoms with Crippen LogP contribution in [0.4, 0.5) is 0 Å². The number of carboxylic acids is 1. The second kappa shape index (κ2) is 24.2. The standard InChI is InChI=1S/C25H47NO6/c1-23(27)22-32-21-20-31-19-18-26-24(28)16-14-12-10-8-6-4-2-3-5-7-9-11-13-15-17-25(29)30/h2-22H2,1H3,(H,26,28)(H,29,30). The summed E-state index contributed by atoms with van der Waals surface area (Å²) in [6.45, 7) is 3.40. The van der Waals surface area contributed by atoms with Gasteiger partial charge >= 0.3 is 5.97 Å². The number of unbranched alkanes of at least 4 members (excludes halogenated alkanes) is 13. The molecule has 0 fully saturated rings. The number of amides is 1. The molecule has 0 aliphatic rings. The SMILES string of the molecule is CC(=O)COCCOCCNC(=O)CCCCCCCCCCCCCCCCC(=O)O. The molecule has 0 spiro atoms. The molecule has 1 amide bonds. The van der Waals surface area contributed by atoms with E-state index in [2.05, 4.69) is 5.32 Å². The Bertz CT molecular complexity index is 469. The van der Waals surface area contributed by atoms with Crippen LogP contribution in [-0.4, -0.2) is 55.7 Å². The van der Waals surface area contributed by atoms with Crippen LogP contribution < -0.4 is 5.32 Å². The van der Waals surface area contributed by atoms with Crippen LogP contribution in [0.5, 0.6) is 0 Å². The first-order valence-electron chi connectivity index (χ1n) is 12.7. The number of rotatable bonds is 25. The molecule has 0 saturated heterocycles. The predicted molar refractivity (Wildman–Crippen MR) is 127 cm³/mol. The number of carbonyl (C=O) groups is 3. The van der Waals surface area contributed by atoms with Gasteiger partial charge in [-0.25, -0.2) is 0 Å². The second-order valence-corrected chi connectivity index (χ2v) is 8.56. The molecule has 0 rings (SSSR count). The Kier molecular flexibility index (Phi) is 23.1. The van der Waals surface area contributed by atoms with Gasteiger partial charge in [0.2, 0.25) is 5.91 Å². The van der Waals surface area contributed by atoms with Gasteiger partial charge in [-0.3, -0.25) is 14.4 Å². The van der Waals surface area contributed by atoms with Gasteiger partial charge in [0.25, 0.3) is 0 Å². The molecule has 7 nitrogen and oxygen atoms in total. The summed E-state index contributed by atoms with van der Waals surface area (Å²) in [6.07, 6.45) is 17.4. The Morgan fingerprint density at radius 3 is 1.53 bits per heavy atom. The van der Waals surface area contributed by atoms with Gasteiger partial charge in [-0.05, 0) is 19.8 Å². The van der Waals surface area contributed by atoms with Crippen molar-refractivity contribution in [1.82, 2.24) is 5.32 Å². The van der Waals surface area contributed by atoms with Crippen LogP contribution in [0.25, 0.3) is 0 Å². The largest absolute Gasteiger partial charge is 0.481 e. The quantitative estimate of drug-likeness (QED) is 0.186. The fraction of sp³-hybridized carbons (Fsp3) is 0.880. The number of aliphatic carboxylic acids is 1. The highest BCUT2D eigenvalue weighted by Gasteiger charge is 2.01. The summed E-state index contributed by atoms with van der Waals surface area (Å²) in [6, 6.07) is 0. The first-order chi connectivity index (χ1) is 15.5. The van der Waals surface area contributed by atoms with Crippen LogP contribution in [0.15, 0.2) is 0 Å². The molecule has 0 aliphatic carbocycles. The lowest BCUT2D eigenvalue weighted by Gasteiger charge is -2.07. The highest BCUT2D eigenvalue weighted by atomic mass is 16.5. The molecule has 0 saturated carbocycles. The van der Waals surface area contributed by atoms with Crippen molar-refractivity contribution in [2.75, 3.05) is 33.0 Å². The monoisotopic (exact) mass is 457 g/mol. The highest BCUT2D eigenvalue weighted by molar-refractivity contribution is 5.76. The minimum Gasteiger partial charge on any atom is -0.481 e. The molecule has 188 valence electrons. The second-order valence-electron chi connectivity index (χ2n) is 8.56. The van der Waals surface area contributed by atoms with Crippen LogP contribution in [0, 0.1) is 0 Å². The number of carboxylic acid groups (broad SMARTS) is 1. The summed E-state index contributed by atoms with van der Waals surface area (Å²) in [4.78, 5) is 32.9. The average Bonchev–Trinajstić information content (AvgIpc) is 2.74. The van der Waals surface area contributed by atoms with E-state index < -0.39 is 5.97 Å². The molecule has 0 aliphatic heterocycles. The maximum atomic E-state index is 11.8. The lowest BCUT2D eigenvalue weighted by atomic mass is 10.0. The first-order valence-corrected chi connectivity index (χ1v) is 12.7. The molecule has 0 aromatic rings. The van der Waals surface area contributed by atoms with Gasteiger partial charge in [-0.15, -0.1) is 0 Å². The Morgan fingerprint density at radius 1 is 0.625 bits per heavy atom. The molecule has 0 heterocycles. The molecule has 0 aromatic carbocycles. The first kappa shape index (κ1) is 30.5. The van der Waals surface area contributed by atoms with E-state index in [-0.39, 0.29) is 18.3 Å². The summed E-state index contributed by atoms with van der Waals surface area (Å²) in [5.41, 5.74) is 0. The number of ether oxygens (including phenoxy) is 2. The van der Waals surface area contributed by atoms with E-state index >= 15 is 0 Å². The molecular weight excluding hydrogens is 410 g/mol. The maximum Gasteiger partial charge on any atom is 0.303 e. The Morgan fingerprint density at radius 2 is 1.06 bits per heavy atom. The van der Waals surface area contributed by atoms with Crippen molar-refractivity contribution in [3.63, 3.8) is 0 Å². The van der Waals surface area contributed by atoms with E-state index in [0.717, 1.165) is 32.1 Å².